The number of nitrogens with one attached hydrogen (secondary N) is 2. The Hall–Kier alpha value is -2.56. The Morgan fingerprint density at radius 3 is 3.25 bits per heavy atom. The number of nitrogens with zero attached hydrogens (tertiary/aromatic N) is 1. The number of fused-ring (bicyclic) bond motifs is 2. The molecule has 0 spiro atoms. The van der Waals surface area contributed by atoms with E-state index in [0.717, 1.165) is 24.2 Å². The average molecular weight is 267 g/mol. The van der Waals surface area contributed by atoms with E-state index in [2.05, 4.69) is 21.4 Å². The minimum absolute atomic E-state index is 0.224. The molecule has 0 saturated heterocycles. The number of aromatic nitrogens is 2. The van der Waals surface area contributed by atoms with Gasteiger partial charge in [0.25, 0.3) is 0 Å². The fourth-order valence-corrected chi connectivity index (χ4v) is 2.80. The van der Waals surface area contributed by atoms with E-state index in [-0.39, 0.29) is 6.04 Å². The third-order valence-corrected chi connectivity index (χ3v) is 3.72. The third-order valence-electron chi connectivity index (χ3n) is 3.72. The van der Waals surface area contributed by atoms with Crippen LogP contribution in [0.15, 0.2) is 45.7 Å². The second kappa shape index (κ2) is 4.23. The predicted octanol–water partition coefficient (Wildman–Crippen LogP) is 2.62. The molecule has 0 aliphatic heterocycles. The molecule has 2 N–H and O–H groups in total. The molecule has 0 radical (unpaired) electrons. The number of rotatable bonds is 2. The average Bonchev–Trinajstić information content (AvgIpc) is 3.02. The normalized spacial score (nSPS) is 17.3. The smallest absolute Gasteiger partial charge is 0.408 e. The van der Waals surface area contributed by atoms with Crippen LogP contribution in [-0.4, -0.2) is 9.97 Å². The van der Waals surface area contributed by atoms with Crippen molar-refractivity contribution >= 4 is 16.8 Å². The van der Waals surface area contributed by atoms with Crippen LogP contribution in [0.1, 0.15) is 23.7 Å². The first-order valence-electron chi connectivity index (χ1n) is 6.63. The minimum Gasteiger partial charge on any atom is -0.408 e. The van der Waals surface area contributed by atoms with Crippen LogP contribution < -0.4 is 11.1 Å². The van der Waals surface area contributed by atoms with Gasteiger partial charge < -0.3 is 9.73 Å². The van der Waals surface area contributed by atoms with Gasteiger partial charge in [0.15, 0.2) is 5.58 Å². The van der Waals surface area contributed by atoms with Gasteiger partial charge in [0.05, 0.1) is 17.3 Å². The first kappa shape index (κ1) is 11.3. The van der Waals surface area contributed by atoms with E-state index < -0.39 is 5.76 Å². The zero-order chi connectivity index (χ0) is 13.5. The zero-order valence-electron chi connectivity index (χ0n) is 10.7. The van der Waals surface area contributed by atoms with Gasteiger partial charge in [-0.05, 0) is 42.7 Å². The summed E-state index contributed by atoms with van der Waals surface area (Å²) in [5, 5.41) is 3.47. The summed E-state index contributed by atoms with van der Waals surface area (Å²) < 4.78 is 5.00. The van der Waals surface area contributed by atoms with Crippen LogP contribution in [0.4, 0.5) is 5.69 Å². The van der Waals surface area contributed by atoms with Crippen molar-refractivity contribution in [1.82, 2.24) is 9.97 Å². The number of aromatic amines is 1. The molecule has 1 atom stereocenters. The van der Waals surface area contributed by atoms with E-state index in [4.69, 9.17) is 4.42 Å². The highest BCUT2D eigenvalue weighted by Gasteiger charge is 2.23. The van der Waals surface area contributed by atoms with Gasteiger partial charge in [-0.15, -0.1) is 0 Å². The van der Waals surface area contributed by atoms with Crippen LogP contribution in [0.25, 0.3) is 11.1 Å². The highest BCUT2D eigenvalue weighted by Crippen LogP contribution is 2.32. The zero-order valence-corrected chi connectivity index (χ0v) is 10.7. The number of benzene rings is 1. The highest BCUT2D eigenvalue weighted by molar-refractivity contribution is 5.77. The summed E-state index contributed by atoms with van der Waals surface area (Å²) >= 11 is 0. The molecule has 3 aromatic rings. The molecule has 2 aromatic heterocycles. The van der Waals surface area contributed by atoms with Crippen molar-refractivity contribution in [2.75, 3.05) is 5.32 Å². The second-order valence-electron chi connectivity index (χ2n) is 5.01. The minimum atomic E-state index is -0.426. The lowest BCUT2D eigenvalue weighted by molar-refractivity contribution is 0.555. The van der Waals surface area contributed by atoms with Crippen LogP contribution in [0.5, 0.6) is 0 Å². The third kappa shape index (κ3) is 1.79. The molecule has 1 aromatic carbocycles. The Balaban J connectivity index is 1.66. The van der Waals surface area contributed by atoms with Crippen molar-refractivity contribution in [3.63, 3.8) is 0 Å². The van der Waals surface area contributed by atoms with E-state index in [0.29, 0.717) is 11.1 Å². The lowest BCUT2D eigenvalue weighted by Gasteiger charge is -2.14. The van der Waals surface area contributed by atoms with E-state index in [1.807, 2.05) is 24.4 Å². The van der Waals surface area contributed by atoms with Gasteiger partial charge in [0.1, 0.15) is 0 Å². The monoisotopic (exact) mass is 267 g/mol. The summed E-state index contributed by atoms with van der Waals surface area (Å²) in [5.74, 6) is -0.426. The van der Waals surface area contributed by atoms with E-state index in [1.165, 1.54) is 5.56 Å². The fourth-order valence-electron chi connectivity index (χ4n) is 2.80. The summed E-state index contributed by atoms with van der Waals surface area (Å²) in [7, 11) is 0. The Labute approximate surface area is 114 Å². The van der Waals surface area contributed by atoms with Gasteiger partial charge in [-0.25, -0.2) is 4.79 Å². The van der Waals surface area contributed by atoms with Crippen molar-refractivity contribution < 1.29 is 4.42 Å². The molecule has 0 fully saturated rings. The maximum absolute atomic E-state index is 11.2. The van der Waals surface area contributed by atoms with Crippen molar-refractivity contribution in [1.29, 1.82) is 0 Å². The summed E-state index contributed by atoms with van der Waals surface area (Å²) in [6.07, 6.45) is 3.91. The van der Waals surface area contributed by atoms with Crippen molar-refractivity contribution in [2.24, 2.45) is 0 Å². The Morgan fingerprint density at radius 1 is 1.35 bits per heavy atom. The molecule has 1 aliphatic rings. The maximum Gasteiger partial charge on any atom is 0.417 e. The summed E-state index contributed by atoms with van der Waals surface area (Å²) in [5.41, 5.74) is 4.67. The number of anilines is 1. The molecular formula is C15H13N3O2. The van der Waals surface area contributed by atoms with Crippen LogP contribution in [0.3, 0.4) is 0 Å². The fraction of sp³-hybridized carbons (Fsp3) is 0.200. The Morgan fingerprint density at radius 2 is 2.30 bits per heavy atom. The molecule has 20 heavy (non-hydrogen) atoms. The van der Waals surface area contributed by atoms with E-state index >= 15 is 0 Å². The van der Waals surface area contributed by atoms with Crippen LogP contribution in [0, 0.1) is 0 Å². The number of hydrogen-bond acceptors (Lipinski definition) is 4. The SMILES string of the molecule is O=c1[nH]c2cc(NC3CCc4cccnc43)ccc2o1. The molecule has 1 aliphatic carbocycles. The topological polar surface area (TPSA) is 70.9 Å². The molecule has 4 rings (SSSR count). The van der Waals surface area contributed by atoms with Gasteiger partial charge in [0.2, 0.25) is 0 Å². The lowest BCUT2D eigenvalue weighted by atomic mass is 10.2. The Bertz CT molecular complexity index is 834. The molecule has 5 nitrogen and oxygen atoms in total. The lowest BCUT2D eigenvalue weighted by Crippen LogP contribution is -2.08. The van der Waals surface area contributed by atoms with Crippen molar-refractivity contribution in [2.45, 2.75) is 18.9 Å². The summed E-state index contributed by atoms with van der Waals surface area (Å²) in [6.45, 7) is 0. The molecular weight excluding hydrogens is 254 g/mol. The number of aryl methyl sites for hydroxylation is 1. The first-order valence-corrected chi connectivity index (χ1v) is 6.63. The molecule has 5 heteroatoms. The Kier molecular flexibility index (Phi) is 2.39. The van der Waals surface area contributed by atoms with Crippen molar-refractivity contribution in [3.8, 4) is 0 Å². The molecule has 100 valence electrons. The van der Waals surface area contributed by atoms with Gasteiger partial charge in [-0.1, -0.05) is 6.07 Å². The summed E-state index contributed by atoms with van der Waals surface area (Å²) in [4.78, 5) is 18.3. The second-order valence-corrected chi connectivity index (χ2v) is 5.01. The first-order chi connectivity index (χ1) is 9.79. The van der Waals surface area contributed by atoms with Gasteiger partial charge in [-0.3, -0.25) is 9.97 Å². The van der Waals surface area contributed by atoms with Gasteiger partial charge in [0, 0.05) is 11.9 Å². The standard InChI is InChI=1S/C15H13N3O2/c19-15-18-12-8-10(4-6-13(12)20-15)17-11-5-3-9-2-1-7-16-14(9)11/h1-2,4,6-8,11,17H,3,5H2,(H,18,19). The van der Waals surface area contributed by atoms with Crippen LogP contribution in [-0.2, 0) is 6.42 Å². The van der Waals surface area contributed by atoms with Crippen LogP contribution >= 0.6 is 0 Å². The number of pyridine rings is 1. The number of hydrogen-bond donors (Lipinski definition) is 2. The molecule has 2 heterocycles. The molecule has 1 unspecified atom stereocenters. The van der Waals surface area contributed by atoms with E-state index in [9.17, 15) is 4.79 Å². The van der Waals surface area contributed by atoms with E-state index in [1.54, 1.807) is 6.07 Å². The molecule has 0 saturated carbocycles. The van der Waals surface area contributed by atoms with Gasteiger partial charge >= 0.3 is 5.76 Å². The van der Waals surface area contributed by atoms with Crippen LogP contribution in [0.2, 0.25) is 0 Å². The largest absolute Gasteiger partial charge is 0.417 e. The maximum atomic E-state index is 11.2. The number of oxazole rings is 1. The van der Waals surface area contributed by atoms with Gasteiger partial charge in [-0.2, -0.15) is 0 Å². The number of H-pyrrole nitrogens is 1. The summed E-state index contributed by atoms with van der Waals surface area (Å²) in [6, 6.07) is 9.93. The van der Waals surface area contributed by atoms with Crippen molar-refractivity contribution in [3.05, 3.63) is 58.3 Å². The highest BCUT2D eigenvalue weighted by atomic mass is 16.4. The predicted molar refractivity (Wildman–Crippen MR) is 75.8 cm³/mol. The quantitative estimate of drug-likeness (QED) is 0.748. The molecule has 0 bridgehead atoms. The molecule has 0 amide bonds.